The Labute approximate surface area is 111 Å². The summed E-state index contributed by atoms with van der Waals surface area (Å²) < 4.78 is 17.9. The van der Waals surface area contributed by atoms with Crippen molar-refractivity contribution >= 4 is 11.6 Å². The summed E-state index contributed by atoms with van der Waals surface area (Å²) in [5.74, 6) is 0.181. The van der Waals surface area contributed by atoms with Crippen LogP contribution in [0.25, 0.3) is 0 Å². The van der Waals surface area contributed by atoms with Crippen molar-refractivity contribution in [3.05, 3.63) is 59.9 Å². The van der Waals surface area contributed by atoms with Crippen LogP contribution in [0.4, 0.5) is 10.1 Å². The summed E-state index contributed by atoms with van der Waals surface area (Å²) in [5.41, 5.74) is 1.19. The van der Waals surface area contributed by atoms with Crippen LogP contribution in [0.15, 0.2) is 48.5 Å². The van der Waals surface area contributed by atoms with Crippen molar-refractivity contribution < 1.29 is 13.9 Å². The molecule has 1 amide bonds. The molecule has 0 atom stereocenters. The average molecular weight is 259 g/mol. The monoisotopic (exact) mass is 259 g/mol. The Morgan fingerprint density at radius 1 is 1.05 bits per heavy atom. The minimum atomic E-state index is -0.358. The molecule has 0 N–H and O–H groups in total. The van der Waals surface area contributed by atoms with Crippen molar-refractivity contribution in [2.45, 2.75) is 0 Å². The molecule has 0 bridgehead atoms. The topological polar surface area (TPSA) is 29.5 Å². The molecular weight excluding hydrogens is 245 g/mol. The third-order valence-corrected chi connectivity index (χ3v) is 2.86. The van der Waals surface area contributed by atoms with Crippen molar-refractivity contribution in [1.82, 2.24) is 0 Å². The average Bonchev–Trinajstić information content (AvgIpc) is 2.46. The van der Waals surface area contributed by atoms with Crippen molar-refractivity contribution in [3.63, 3.8) is 0 Å². The van der Waals surface area contributed by atoms with E-state index in [-0.39, 0.29) is 11.7 Å². The van der Waals surface area contributed by atoms with Crippen molar-refractivity contribution in [1.29, 1.82) is 0 Å². The number of anilines is 1. The molecular formula is C15H14FNO2. The molecule has 2 rings (SSSR count). The van der Waals surface area contributed by atoms with Gasteiger partial charge >= 0.3 is 0 Å². The first-order chi connectivity index (χ1) is 9.11. The zero-order chi connectivity index (χ0) is 13.8. The van der Waals surface area contributed by atoms with Crippen molar-refractivity contribution in [2.75, 3.05) is 19.1 Å². The van der Waals surface area contributed by atoms with Gasteiger partial charge in [-0.05, 0) is 48.5 Å². The highest BCUT2D eigenvalue weighted by atomic mass is 19.1. The predicted octanol–water partition coefficient (Wildman–Crippen LogP) is 3.11. The minimum absolute atomic E-state index is 0.190. The number of halogens is 1. The predicted molar refractivity (Wildman–Crippen MR) is 72.1 cm³/mol. The van der Waals surface area contributed by atoms with Gasteiger partial charge in [0, 0.05) is 18.3 Å². The van der Waals surface area contributed by atoms with E-state index in [1.54, 1.807) is 38.4 Å². The molecule has 0 saturated carbocycles. The van der Waals surface area contributed by atoms with Gasteiger partial charge in [-0.25, -0.2) is 4.39 Å². The van der Waals surface area contributed by atoms with E-state index < -0.39 is 0 Å². The number of carbonyl (C=O) groups is 1. The smallest absolute Gasteiger partial charge is 0.258 e. The van der Waals surface area contributed by atoms with Gasteiger partial charge in [-0.3, -0.25) is 4.79 Å². The zero-order valence-electron chi connectivity index (χ0n) is 10.8. The van der Waals surface area contributed by atoms with E-state index in [0.717, 1.165) is 11.4 Å². The molecule has 0 fully saturated rings. The first-order valence-electron chi connectivity index (χ1n) is 5.79. The van der Waals surface area contributed by atoms with Gasteiger partial charge in [0.1, 0.15) is 11.6 Å². The van der Waals surface area contributed by atoms with E-state index in [0.29, 0.717) is 5.56 Å². The Kier molecular flexibility index (Phi) is 3.80. The van der Waals surface area contributed by atoms with Gasteiger partial charge in [0.05, 0.1) is 7.11 Å². The third kappa shape index (κ3) is 2.91. The van der Waals surface area contributed by atoms with Gasteiger partial charge in [-0.1, -0.05) is 0 Å². The first kappa shape index (κ1) is 13.1. The largest absolute Gasteiger partial charge is 0.497 e. The Balaban J connectivity index is 2.20. The highest BCUT2D eigenvalue weighted by molar-refractivity contribution is 6.05. The molecule has 98 valence electrons. The second kappa shape index (κ2) is 5.52. The summed E-state index contributed by atoms with van der Waals surface area (Å²) in [4.78, 5) is 13.7. The van der Waals surface area contributed by atoms with Gasteiger partial charge in [0.2, 0.25) is 0 Å². The summed E-state index contributed by atoms with van der Waals surface area (Å²) >= 11 is 0. The van der Waals surface area contributed by atoms with Gasteiger partial charge in [0.25, 0.3) is 5.91 Å². The SMILES string of the molecule is COc1ccc(N(C)C(=O)c2ccc(F)cc2)cc1. The fourth-order valence-corrected chi connectivity index (χ4v) is 1.71. The highest BCUT2D eigenvalue weighted by Gasteiger charge is 2.13. The molecule has 0 unspecified atom stereocenters. The lowest BCUT2D eigenvalue weighted by Crippen LogP contribution is -2.26. The van der Waals surface area contributed by atoms with E-state index in [4.69, 9.17) is 4.74 Å². The number of ether oxygens (including phenoxy) is 1. The van der Waals surface area contributed by atoms with Crippen molar-refractivity contribution in [3.8, 4) is 5.75 Å². The number of carbonyl (C=O) groups excluding carboxylic acids is 1. The Morgan fingerprint density at radius 2 is 1.63 bits per heavy atom. The Bertz CT molecular complexity index is 564. The number of rotatable bonds is 3. The number of nitrogens with zero attached hydrogens (tertiary/aromatic N) is 1. The van der Waals surface area contributed by atoms with Gasteiger partial charge in [-0.2, -0.15) is 0 Å². The van der Waals surface area contributed by atoms with Crippen molar-refractivity contribution in [2.24, 2.45) is 0 Å². The molecule has 2 aromatic carbocycles. The molecule has 0 aliphatic rings. The van der Waals surface area contributed by atoms with Crippen LogP contribution < -0.4 is 9.64 Å². The maximum absolute atomic E-state index is 12.8. The molecule has 0 saturated heterocycles. The summed E-state index contributed by atoms with van der Waals surface area (Å²) in [7, 11) is 3.26. The van der Waals surface area contributed by atoms with Crippen LogP contribution in [-0.2, 0) is 0 Å². The fourth-order valence-electron chi connectivity index (χ4n) is 1.71. The first-order valence-corrected chi connectivity index (χ1v) is 5.79. The number of hydrogen-bond acceptors (Lipinski definition) is 2. The van der Waals surface area contributed by atoms with Crippen LogP contribution in [0.1, 0.15) is 10.4 Å². The van der Waals surface area contributed by atoms with Gasteiger partial charge in [-0.15, -0.1) is 0 Å². The summed E-state index contributed by atoms with van der Waals surface area (Å²) in [6, 6.07) is 12.6. The van der Waals surface area contributed by atoms with E-state index in [2.05, 4.69) is 0 Å². The second-order valence-electron chi connectivity index (χ2n) is 4.07. The fraction of sp³-hybridized carbons (Fsp3) is 0.133. The summed E-state index contributed by atoms with van der Waals surface area (Å²) in [6.07, 6.45) is 0. The molecule has 0 radical (unpaired) electrons. The third-order valence-electron chi connectivity index (χ3n) is 2.86. The standard InChI is InChI=1S/C15H14FNO2/c1-17(13-7-9-14(19-2)10-8-13)15(18)11-3-5-12(16)6-4-11/h3-10H,1-2H3. The lowest BCUT2D eigenvalue weighted by atomic mass is 10.2. The lowest BCUT2D eigenvalue weighted by molar-refractivity contribution is 0.0993. The second-order valence-corrected chi connectivity index (χ2v) is 4.07. The summed E-state index contributed by atoms with van der Waals surface area (Å²) in [6.45, 7) is 0. The number of benzene rings is 2. The van der Waals surface area contributed by atoms with Crippen LogP contribution in [0.5, 0.6) is 5.75 Å². The van der Waals surface area contributed by atoms with Crippen LogP contribution in [0.2, 0.25) is 0 Å². The van der Waals surface area contributed by atoms with Gasteiger partial charge in [0.15, 0.2) is 0 Å². The molecule has 0 spiro atoms. The van der Waals surface area contributed by atoms with Crippen LogP contribution in [0, 0.1) is 5.82 Å². The van der Waals surface area contributed by atoms with E-state index in [1.165, 1.54) is 29.2 Å². The normalized spacial score (nSPS) is 10.1. The molecule has 0 heterocycles. The van der Waals surface area contributed by atoms with E-state index in [1.807, 2.05) is 0 Å². The maximum Gasteiger partial charge on any atom is 0.258 e. The van der Waals surface area contributed by atoms with Crippen LogP contribution >= 0.6 is 0 Å². The lowest BCUT2D eigenvalue weighted by Gasteiger charge is -2.17. The zero-order valence-corrected chi connectivity index (χ0v) is 10.8. The number of amides is 1. The van der Waals surface area contributed by atoms with Gasteiger partial charge < -0.3 is 9.64 Å². The van der Waals surface area contributed by atoms with Crippen LogP contribution in [0.3, 0.4) is 0 Å². The number of methoxy groups -OCH3 is 1. The molecule has 2 aromatic rings. The molecule has 19 heavy (non-hydrogen) atoms. The number of hydrogen-bond donors (Lipinski definition) is 0. The molecule has 0 aliphatic heterocycles. The minimum Gasteiger partial charge on any atom is -0.497 e. The quantitative estimate of drug-likeness (QED) is 0.847. The highest BCUT2D eigenvalue weighted by Crippen LogP contribution is 2.19. The molecule has 3 nitrogen and oxygen atoms in total. The van der Waals surface area contributed by atoms with E-state index >= 15 is 0 Å². The molecule has 0 aromatic heterocycles. The van der Waals surface area contributed by atoms with E-state index in [9.17, 15) is 9.18 Å². The maximum atomic E-state index is 12.8. The summed E-state index contributed by atoms with van der Waals surface area (Å²) in [5, 5.41) is 0. The molecule has 4 heteroatoms. The van der Waals surface area contributed by atoms with Crippen LogP contribution in [-0.4, -0.2) is 20.1 Å². The Hall–Kier alpha value is -2.36. The molecule has 0 aliphatic carbocycles. The Morgan fingerprint density at radius 3 is 2.16 bits per heavy atom.